The lowest BCUT2D eigenvalue weighted by atomic mass is 9.70. The van der Waals surface area contributed by atoms with E-state index in [1.807, 2.05) is 6.07 Å². The van der Waals surface area contributed by atoms with Crippen molar-refractivity contribution < 1.29 is 19.4 Å². The van der Waals surface area contributed by atoms with Gasteiger partial charge in [-0.2, -0.15) is 0 Å². The second-order valence-electron chi connectivity index (χ2n) is 10.2. The number of rotatable bonds is 5. The molecule has 1 N–H and O–H groups in total. The van der Waals surface area contributed by atoms with Crippen LogP contribution in [0.5, 0.6) is 5.75 Å². The highest BCUT2D eigenvalue weighted by Gasteiger charge is 2.56. The van der Waals surface area contributed by atoms with E-state index in [1.165, 1.54) is 21.6 Å². The molecule has 4 atom stereocenters. The first-order chi connectivity index (χ1) is 17.4. The fraction of sp³-hybridized carbons (Fsp3) is 0.258. The van der Waals surface area contributed by atoms with Gasteiger partial charge >= 0.3 is 5.97 Å². The van der Waals surface area contributed by atoms with Crippen molar-refractivity contribution in [2.24, 2.45) is 5.92 Å². The summed E-state index contributed by atoms with van der Waals surface area (Å²) in [6.45, 7) is 4.25. The third-order valence-corrected chi connectivity index (χ3v) is 8.47. The summed E-state index contributed by atoms with van der Waals surface area (Å²) >= 11 is 1.74. The van der Waals surface area contributed by atoms with Gasteiger partial charge in [0.05, 0.1) is 17.8 Å². The number of hydrogen-bond donors (Lipinski definition) is 1. The summed E-state index contributed by atoms with van der Waals surface area (Å²) in [5, 5.41) is 11.7. The van der Waals surface area contributed by atoms with Crippen LogP contribution in [-0.4, -0.2) is 22.8 Å². The molecule has 0 unspecified atom stereocenters. The maximum absolute atomic E-state index is 11.7. The zero-order valence-electron chi connectivity index (χ0n) is 20.3. The quantitative estimate of drug-likeness (QED) is 0.313. The lowest BCUT2D eigenvalue weighted by molar-refractivity contribution is -0.0423. The minimum Gasteiger partial charge on any atom is -0.487 e. The molecule has 3 aromatic carbocycles. The lowest BCUT2D eigenvalue weighted by Gasteiger charge is -2.43. The third kappa shape index (κ3) is 4.02. The molecule has 0 amide bonds. The number of ether oxygens (including phenoxy) is 2. The van der Waals surface area contributed by atoms with Crippen LogP contribution in [0.4, 0.5) is 0 Å². The van der Waals surface area contributed by atoms with Crippen LogP contribution in [-0.2, 0) is 11.2 Å². The molecule has 182 valence electrons. The van der Waals surface area contributed by atoms with Gasteiger partial charge in [-0.1, -0.05) is 60.7 Å². The first-order valence-electron chi connectivity index (χ1n) is 12.3. The SMILES string of the molecule is CC1(C)Oc2ccc(C(=O)O)cc2[C@H]2O[C@H](Cc3ccccc3)[C@@H](c3ccc(-c4cccs4)cc3)[C@@H]21. The van der Waals surface area contributed by atoms with Crippen molar-refractivity contribution in [3.63, 3.8) is 0 Å². The Morgan fingerprint density at radius 2 is 1.75 bits per heavy atom. The summed E-state index contributed by atoms with van der Waals surface area (Å²) in [5.41, 5.74) is 4.24. The largest absolute Gasteiger partial charge is 0.487 e. The molecule has 1 saturated heterocycles. The zero-order chi connectivity index (χ0) is 24.9. The maximum atomic E-state index is 11.7. The summed E-state index contributed by atoms with van der Waals surface area (Å²) in [5.74, 6) is -0.128. The number of carbonyl (C=O) groups is 1. The van der Waals surface area contributed by atoms with Gasteiger partial charge in [0.25, 0.3) is 0 Å². The van der Waals surface area contributed by atoms with Crippen molar-refractivity contribution in [1.29, 1.82) is 0 Å². The highest BCUT2D eigenvalue weighted by molar-refractivity contribution is 7.13. The maximum Gasteiger partial charge on any atom is 0.335 e. The van der Waals surface area contributed by atoms with Crippen molar-refractivity contribution in [3.05, 3.63) is 113 Å². The summed E-state index contributed by atoms with van der Waals surface area (Å²) in [6, 6.07) is 28.6. The van der Waals surface area contributed by atoms with E-state index in [1.54, 1.807) is 29.5 Å². The summed E-state index contributed by atoms with van der Waals surface area (Å²) in [6.07, 6.45) is 0.450. The van der Waals surface area contributed by atoms with E-state index in [2.05, 4.69) is 79.9 Å². The number of carboxylic acid groups (broad SMARTS) is 1. The molecule has 36 heavy (non-hydrogen) atoms. The lowest BCUT2D eigenvalue weighted by Crippen LogP contribution is -2.45. The van der Waals surface area contributed by atoms with E-state index < -0.39 is 11.6 Å². The van der Waals surface area contributed by atoms with Gasteiger partial charge in [-0.25, -0.2) is 4.79 Å². The average Bonchev–Trinajstić information content (AvgIpc) is 3.54. The summed E-state index contributed by atoms with van der Waals surface area (Å²) in [4.78, 5) is 13.0. The Bertz CT molecular complexity index is 1380. The van der Waals surface area contributed by atoms with Gasteiger partial charge in [-0.3, -0.25) is 0 Å². The van der Waals surface area contributed by atoms with Crippen molar-refractivity contribution in [3.8, 4) is 16.2 Å². The van der Waals surface area contributed by atoms with E-state index in [9.17, 15) is 9.90 Å². The average molecular weight is 497 g/mol. The molecule has 0 radical (unpaired) electrons. The second kappa shape index (κ2) is 8.91. The van der Waals surface area contributed by atoms with Crippen molar-refractivity contribution in [1.82, 2.24) is 0 Å². The van der Waals surface area contributed by atoms with E-state index >= 15 is 0 Å². The molecular weight excluding hydrogens is 468 g/mol. The molecule has 4 nitrogen and oxygen atoms in total. The Kier molecular flexibility index (Phi) is 5.70. The van der Waals surface area contributed by atoms with Gasteiger partial charge < -0.3 is 14.6 Å². The van der Waals surface area contributed by atoms with Crippen LogP contribution in [0.3, 0.4) is 0 Å². The van der Waals surface area contributed by atoms with E-state index in [-0.39, 0.29) is 29.6 Å². The number of benzene rings is 3. The molecule has 2 aliphatic heterocycles. The predicted molar refractivity (Wildman–Crippen MR) is 142 cm³/mol. The van der Waals surface area contributed by atoms with Crippen LogP contribution in [0.15, 0.2) is 90.3 Å². The molecule has 0 aliphatic carbocycles. The topological polar surface area (TPSA) is 55.8 Å². The molecular formula is C31H28O4S. The smallest absolute Gasteiger partial charge is 0.335 e. The van der Waals surface area contributed by atoms with Crippen LogP contribution in [0.1, 0.15) is 52.9 Å². The number of aromatic carboxylic acids is 1. The minimum atomic E-state index is -0.946. The number of fused-ring (bicyclic) bond motifs is 3. The molecule has 0 bridgehead atoms. The molecule has 5 heteroatoms. The van der Waals surface area contributed by atoms with Crippen molar-refractivity contribution >= 4 is 17.3 Å². The number of carboxylic acids is 1. The van der Waals surface area contributed by atoms with Gasteiger partial charge in [0.2, 0.25) is 0 Å². The van der Waals surface area contributed by atoms with Gasteiger partial charge in [0.15, 0.2) is 0 Å². The molecule has 2 aliphatic rings. The second-order valence-corrected chi connectivity index (χ2v) is 11.1. The highest BCUT2D eigenvalue weighted by atomic mass is 32.1. The Labute approximate surface area is 215 Å². The standard InChI is InChI=1S/C31H28O4S/c1-31(2)28-27(21-12-10-20(11-13-21)26-9-6-16-36-26)25(17-19-7-4-3-5-8-19)34-29(28)23-18-22(30(32)33)14-15-24(23)35-31/h3-16,18,25,27-29H,17H2,1-2H3,(H,32,33)/t25-,27-,28+,29-/m1/s1. The fourth-order valence-corrected chi connectivity index (χ4v) is 6.68. The van der Waals surface area contributed by atoms with E-state index in [0.29, 0.717) is 5.75 Å². The third-order valence-electron chi connectivity index (χ3n) is 7.56. The van der Waals surface area contributed by atoms with Gasteiger partial charge in [-0.05, 0) is 66.6 Å². The van der Waals surface area contributed by atoms with Crippen LogP contribution in [0.25, 0.3) is 10.4 Å². The van der Waals surface area contributed by atoms with Gasteiger partial charge in [0.1, 0.15) is 11.4 Å². The minimum absolute atomic E-state index is 0.0235. The van der Waals surface area contributed by atoms with Crippen LogP contribution >= 0.6 is 11.3 Å². The Morgan fingerprint density at radius 3 is 2.44 bits per heavy atom. The Morgan fingerprint density at radius 1 is 0.972 bits per heavy atom. The van der Waals surface area contributed by atoms with Crippen LogP contribution in [0.2, 0.25) is 0 Å². The molecule has 4 aromatic rings. The van der Waals surface area contributed by atoms with Crippen LogP contribution < -0.4 is 4.74 Å². The molecule has 0 spiro atoms. The zero-order valence-corrected chi connectivity index (χ0v) is 21.1. The molecule has 3 heterocycles. The monoisotopic (exact) mass is 496 g/mol. The van der Waals surface area contributed by atoms with Crippen LogP contribution in [0, 0.1) is 5.92 Å². The first kappa shape index (κ1) is 23.0. The Hall–Kier alpha value is -3.41. The highest BCUT2D eigenvalue weighted by Crippen LogP contribution is 2.58. The number of hydrogen-bond acceptors (Lipinski definition) is 4. The van der Waals surface area contributed by atoms with Crippen molar-refractivity contribution in [2.45, 2.75) is 44.0 Å². The molecule has 0 saturated carbocycles. The number of thiophene rings is 1. The summed E-state index contributed by atoms with van der Waals surface area (Å²) < 4.78 is 13.4. The predicted octanol–water partition coefficient (Wildman–Crippen LogP) is 7.37. The van der Waals surface area contributed by atoms with Gasteiger partial charge in [-0.15, -0.1) is 11.3 Å². The normalized spacial score (nSPS) is 23.9. The molecule has 6 rings (SSSR count). The molecule has 1 fully saturated rings. The Balaban J connectivity index is 1.44. The van der Waals surface area contributed by atoms with E-state index in [4.69, 9.17) is 9.47 Å². The van der Waals surface area contributed by atoms with E-state index in [0.717, 1.165) is 12.0 Å². The first-order valence-corrected chi connectivity index (χ1v) is 13.2. The fourth-order valence-electron chi connectivity index (χ4n) is 5.94. The van der Waals surface area contributed by atoms with Gasteiger partial charge in [0, 0.05) is 22.3 Å². The molecule has 1 aromatic heterocycles. The summed E-state index contributed by atoms with van der Waals surface area (Å²) in [7, 11) is 0. The van der Waals surface area contributed by atoms with Crippen molar-refractivity contribution in [2.75, 3.05) is 0 Å².